The molecule has 0 heterocycles. The van der Waals surface area contributed by atoms with Crippen molar-refractivity contribution in [2.24, 2.45) is 17.8 Å². The molecule has 0 atom stereocenters. The SMILES string of the molecule is Cc1cc(Br)c(NC(=O)NC23CC4CC(CC(C4)C2)C3)c(Br)c1Cl. The van der Waals surface area contributed by atoms with Gasteiger partial charge in [-0.25, -0.2) is 4.79 Å². The van der Waals surface area contributed by atoms with Crippen molar-refractivity contribution >= 4 is 55.2 Å². The second kappa shape index (κ2) is 6.17. The summed E-state index contributed by atoms with van der Waals surface area (Å²) in [6, 6.07) is 1.80. The van der Waals surface area contributed by atoms with Crippen LogP contribution in [0.25, 0.3) is 0 Å². The van der Waals surface area contributed by atoms with Gasteiger partial charge in [-0.15, -0.1) is 0 Å². The molecule has 4 aliphatic carbocycles. The predicted molar refractivity (Wildman–Crippen MR) is 105 cm³/mol. The average molecular weight is 477 g/mol. The van der Waals surface area contributed by atoms with Crippen LogP contribution in [-0.2, 0) is 0 Å². The van der Waals surface area contributed by atoms with Crippen LogP contribution in [0, 0.1) is 24.7 Å². The Kier molecular flexibility index (Phi) is 4.41. The van der Waals surface area contributed by atoms with Crippen molar-refractivity contribution in [3.05, 3.63) is 25.6 Å². The van der Waals surface area contributed by atoms with E-state index < -0.39 is 0 Å². The van der Waals surface area contributed by atoms with E-state index in [9.17, 15) is 4.79 Å². The van der Waals surface area contributed by atoms with Gasteiger partial charge in [-0.05, 0) is 107 Å². The van der Waals surface area contributed by atoms with Gasteiger partial charge in [0.25, 0.3) is 0 Å². The molecule has 0 unspecified atom stereocenters. The largest absolute Gasteiger partial charge is 0.332 e. The molecule has 4 bridgehead atoms. The van der Waals surface area contributed by atoms with Crippen LogP contribution in [-0.4, -0.2) is 11.6 Å². The second-order valence-electron chi connectivity index (χ2n) is 7.96. The molecule has 0 saturated heterocycles. The lowest BCUT2D eigenvalue weighted by molar-refractivity contribution is -0.0127. The van der Waals surface area contributed by atoms with Crippen molar-refractivity contribution in [2.75, 3.05) is 5.32 Å². The minimum Gasteiger partial charge on any atom is -0.332 e. The molecule has 2 N–H and O–H groups in total. The lowest BCUT2D eigenvalue weighted by atomic mass is 9.53. The Morgan fingerprint density at radius 1 is 1.17 bits per heavy atom. The highest BCUT2D eigenvalue weighted by molar-refractivity contribution is 9.11. The molecule has 4 saturated carbocycles. The molecular formula is C18H21Br2ClN2O. The van der Waals surface area contributed by atoms with Crippen LogP contribution in [0.3, 0.4) is 0 Å². The summed E-state index contributed by atoms with van der Waals surface area (Å²) in [5.74, 6) is 2.43. The zero-order chi connectivity index (χ0) is 17.1. The minimum atomic E-state index is -0.127. The highest BCUT2D eigenvalue weighted by Crippen LogP contribution is 2.55. The number of benzene rings is 1. The van der Waals surface area contributed by atoms with Crippen molar-refractivity contribution < 1.29 is 4.79 Å². The number of hydrogen-bond acceptors (Lipinski definition) is 1. The maximum atomic E-state index is 12.7. The molecule has 130 valence electrons. The van der Waals surface area contributed by atoms with Crippen molar-refractivity contribution in [1.82, 2.24) is 5.32 Å². The van der Waals surface area contributed by atoms with Gasteiger partial charge >= 0.3 is 6.03 Å². The number of halogens is 3. The topological polar surface area (TPSA) is 41.1 Å². The van der Waals surface area contributed by atoms with Gasteiger partial charge in [0.05, 0.1) is 15.2 Å². The molecule has 4 fully saturated rings. The van der Waals surface area contributed by atoms with Crippen molar-refractivity contribution in [1.29, 1.82) is 0 Å². The van der Waals surface area contributed by atoms with Crippen LogP contribution in [0.4, 0.5) is 10.5 Å². The van der Waals surface area contributed by atoms with Crippen LogP contribution in [0.2, 0.25) is 5.02 Å². The van der Waals surface area contributed by atoms with Crippen LogP contribution in [0.15, 0.2) is 15.0 Å². The number of amides is 2. The van der Waals surface area contributed by atoms with E-state index in [2.05, 4.69) is 42.5 Å². The average Bonchev–Trinajstić information content (AvgIpc) is 2.47. The fourth-order valence-electron chi connectivity index (χ4n) is 5.48. The Morgan fingerprint density at radius 3 is 2.25 bits per heavy atom. The van der Waals surface area contributed by atoms with E-state index in [-0.39, 0.29) is 11.6 Å². The van der Waals surface area contributed by atoms with Gasteiger partial charge in [0.1, 0.15) is 0 Å². The number of carbonyl (C=O) groups is 1. The fourth-order valence-corrected chi connectivity index (χ4v) is 7.16. The van der Waals surface area contributed by atoms with Crippen LogP contribution in [0.5, 0.6) is 0 Å². The first-order chi connectivity index (χ1) is 11.3. The number of carbonyl (C=O) groups excluding carboxylic acids is 1. The number of nitrogens with one attached hydrogen (secondary N) is 2. The van der Waals surface area contributed by atoms with Gasteiger partial charge in [-0.3, -0.25) is 0 Å². The zero-order valence-corrected chi connectivity index (χ0v) is 17.5. The summed E-state index contributed by atoms with van der Waals surface area (Å²) in [5, 5.41) is 6.95. The van der Waals surface area contributed by atoms with Gasteiger partial charge in [0.2, 0.25) is 0 Å². The van der Waals surface area contributed by atoms with Gasteiger partial charge < -0.3 is 10.6 Å². The van der Waals surface area contributed by atoms with Crippen molar-refractivity contribution in [3.8, 4) is 0 Å². The molecule has 2 amide bonds. The van der Waals surface area contributed by atoms with Gasteiger partial charge in [-0.1, -0.05) is 11.6 Å². The lowest BCUT2D eigenvalue weighted by Crippen LogP contribution is -2.60. The standard InChI is InChI=1S/C18H21Br2ClN2O/c1-9-2-13(19)16(14(20)15(9)21)22-17(24)23-18-6-10-3-11(7-18)5-12(4-10)8-18/h2,10-12H,3-8H2,1H3,(H2,22,23,24). The van der Waals surface area contributed by atoms with E-state index in [0.29, 0.717) is 10.7 Å². The molecule has 1 aromatic rings. The highest BCUT2D eigenvalue weighted by Gasteiger charge is 2.51. The quantitative estimate of drug-likeness (QED) is 0.486. The fraction of sp³-hybridized carbons (Fsp3) is 0.611. The molecular weight excluding hydrogens is 455 g/mol. The Morgan fingerprint density at radius 2 is 1.71 bits per heavy atom. The Labute approximate surface area is 164 Å². The molecule has 5 rings (SSSR count). The molecule has 0 radical (unpaired) electrons. The van der Waals surface area contributed by atoms with E-state index in [4.69, 9.17) is 11.6 Å². The molecule has 1 aromatic carbocycles. The number of rotatable bonds is 2. The van der Waals surface area contributed by atoms with Crippen LogP contribution >= 0.6 is 43.5 Å². The van der Waals surface area contributed by atoms with E-state index >= 15 is 0 Å². The van der Waals surface area contributed by atoms with E-state index in [1.54, 1.807) is 0 Å². The molecule has 24 heavy (non-hydrogen) atoms. The van der Waals surface area contributed by atoms with Crippen LogP contribution < -0.4 is 10.6 Å². The summed E-state index contributed by atoms with van der Waals surface area (Å²) in [5.41, 5.74) is 1.65. The van der Waals surface area contributed by atoms with Crippen molar-refractivity contribution in [3.63, 3.8) is 0 Å². The van der Waals surface area contributed by atoms with Crippen molar-refractivity contribution in [2.45, 2.75) is 51.0 Å². The smallest absolute Gasteiger partial charge is 0.319 e. The van der Waals surface area contributed by atoms with E-state index in [0.717, 1.165) is 51.5 Å². The normalized spacial score (nSPS) is 33.6. The molecule has 0 spiro atoms. The first-order valence-electron chi connectivity index (χ1n) is 8.58. The monoisotopic (exact) mass is 474 g/mol. The summed E-state index contributed by atoms with van der Waals surface area (Å²) < 4.78 is 1.55. The Balaban J connectivity index is 1.51. The lowest BCUT2D eigenvalue weighted by Gasteiger charge is -2.56. The summed E-state index contributed by atoms with van der Waals surface area (Å²) in [7, 11) is 0. The summed E-state index contributed by atoms with van der Waals surface area (Å²) in [6.45, 7) is 1.94. The number of aryl methyl sites for hydroxylation is 1. The Hall–Kier alpha value is -0.260. The Bertz CT molecular complexity index is 671. The van der Waals surface area contributed by atoms with E-state index in [1.807, 2.05) is 13.0 Å². The first-order valence-corrected chi connectivity index (χ1v) is 10.5. The third kappa shape index (κ3) is 3.01. The molecule has 3 nitrogen and oxygen atoms in total. The van der Waals surface area contributed by atoms with E-state index in [1.165, 1.54) is 19.3 Å². The molecule has 0 aromatic heterocycles. The first kappa shape index (κ1) is 17.2. The molecule has 4 aliphatic rings. The third-order valence-electron chi connectivity index (χ3n) is 6.00. The zero-order valence-electron chi connectivity index (χ0n) is 13.6. The summed E-state index contributed by atoms with van der Waals surface area (Å²) >= 11 is 13.3. The van der Waals surface area contributed by atoms with Gasteiger partial charge in [-0.2, -0.15) is 0 Å². The van der Waals surface area contributed by atoms with Crippen LogP contribution in [0.1, 0.15) is 44.1 Å². The van der Waals surface area contributed by atoms with Gasteiger partial charge in [0, 0.05) is 10.0 Å². The predicted octanol–water partition coefficient (Wildman–Crippen LogP) is 6.26. The number of urea groups is 1. The second-order valence-corrected chi connectivity index (χ2v) is 9.98. The number of anilines is 1. The third-order valence-corrected chi connectivity index (χ3v) is 8.13. The van der Waals surface area contributed by atoms with Gasteiger partial charge in [0.15, 0.2) is 0 Å². The molecule has 6 heteroatoms. The summed E-state index contributed by atoms with van der Waals surface area (Å²) in [6.07, 6.45) is 7.53. The number of hydrogen-bond donors (Lipinski definition) is 2. The maximum absolute atomic E-state index is 12.7. The summed E-state index contributed by atoms with van der Waals surface area (Å²) in [4.78, 5) is 12.7. The highest BCUT2D eigenvalue weighted by atomic mass is 79.9. The minimum absolute atomic E-state index is 0.00623. The molecule has 0 aliphatic heterocycles. The maximum Gasteiger partial charge on any atom is 0.319 e.